The summed E-state index contributed by atoms with van der Waals surface area (Å²) in [6, 6.07) is 9.45. The van der Waals surface area contributed by atoms with Crippen molar-refractivity contribution >= 4 is 11.4 Å². The summed E-state index contributed by atoms with van der Waals surface area (Å²) in [6.07, 6.45) is 3.26. The molecular formula is C16H17F2N3. The van der Waals surface area contributed by atoms with Crippen molar-refractivity contribution in [2.24, 2.45) is 0 Å². The van der Waals surface area contributed by atoms with Crippen molar-refractivity contribution in [3.63, 3.8) is 0 Å². The van der Waals surface area contributed by atoms with Crippen LogP contribution in [0.15, 0.2) is 42.7 Å². The van der Waals surface area contributed by atoms with Gasteiger partial charge in [0.1, 0.15) is 0 Å². The molecule has 1 fully saturated rings. The summed E-state index contributed by atoms with van der Waals surface area (Å²) < 4.78 is 26.5. The predicted octanol–water partition coefficient (Wildman–Crippen LogP) is 3.57. The fourth-order valence-corrected chi connectivity index (χ4v) is 2.61. The molecule has 0 amide bonds. The first-order chi connectivity index (χ1) is 10.1. The second kappa shape index (κ2) is 5.31. The number of nitrogens with zero attached hydrogens (tertiary/aromatic N) is 2. The van der Waals surface area contributed by atoms with Crippen LogP contribution in [0.5, 0.6) is 0 Å². The van der Waals surface area contributed by atoms with Gasteiger partial charge in [-0.3, -0.25) is 4.98 Å². The number of hydrogen-bond acceptors (Lipinski definition) is 3. The number of pyridine rings is 1. The van der Waals surface area contributed by atoms with Crippen LogP contribution >= 0.6 is 0 Å². The van der Waals surface area contributed by atoms with E-state index in [1.807, 2.05) is 35.2 Å². The smallest absolute Gasteiger partial charge is 0.251 e. The third-order valence-corrected chi connectivity index (χ3v) is 3.87. The van der Waals surface area contributed by atoms with Crippen LogP contribution in [-0.4, -0.2) is 24.0 Å². The highest BCUT2D eigenvalue weighted by Gasteiger charge is 2.34. The van der Waals surface area contributed by atoms with Crippen molar-refractivity contribution in [1.29, 1.82) is 0 Å². The second-order valence-electron chi connectivity index (χ2n) is 5.36. The van der Waals surface area contributed by atoms with Gasteiger partial charge in [0.05, 0.1) is 0 Å². The first-order valence-electron chi connectivity index (χ1n) is 6.98. The molecule has 0 aliphatic carbocycles. The molecule has 3 nitrogen and oxygen atoms in total. The molecule has 0 radical (unpaired) electrons. The highest BCUT2D eigenvalue weighted by Crippen LogP contribution is 2.34. The number of nitrogens with two attached hydrogens (primary N) is 1. The Morgan fingerprint density at radius 1 is 1.14 bits per heavy atom. The molecule has 2 N–H and O–H groups in total. The lowest BCUT2D eigenvalue weighted by Crippen LogP contribution is -2.39. The van der Waals surface area contributed by atoms with Crippen molar-refractivity contribution in [3.8, 4) is 11.1 Å². The molecule has 2 aromatic rings. The third kappa shape index (κ3) is 2.96. The molecular weight excluding hydrogens is 272 g/mol. The Hall–Kier alpha value is -2.17. The number of anilines is 2. The molecule has 1 aromatic carbocycles. The van der Waals surface area contributed by atoms with Crippen molar-refractivity contribution in [1.82, 2.24) is 4.98 Å². The van der Waals surface area contributed by atoms with Gasteiger partial charge in [0.2, 0.25) is 0 Å². The Morgan fingerprint density at radius 3 is 2.57 bits per heavy atom. The Labute approximate surface area is 122 Å². The number of halogens is 2. The van der Waals surface area contributed by atoms with Crippen LogP contribution in [-0.2, 0) is 0 Å². The average molecular weight is 289 g/mol. The minimum absolute atomic E-state index is 0.0976. The van der Waals surface area contributed by atoms with Crippen LogP contribution in [0.3, 0.4) is 0 Å². The van der Waals surface area contributed by atoms with Crippen LogP contribution in [0.2, 0.25) is 0 Å². The SMILES string of the molecule is Nc1ccc(N2CCC(F)(F)CC2)cc1-c1cccnc1. The number of nitrogen functional groups attached to an aromatic ring is 1. The topological polar surface area (TPSA) is 42.1 Å². The number of hydrogen-bond donors (Lipinski definition) is 1. The molecule has 3 rings (SSSR count). The fourth-order valence-electron chi connectivity index (χ4n) is 2.61. The van der Waals surface area contributed by atoms with E-state index in [0.717, 1.165) is 16.8 Å². The van der Waals surface area contributed by atoms with Gasteiger partial charge in [0.25, 0.3) is 5.92 Å². The average Bonchev–Trinajstić information content (AvgIpc) is 2.49. The molecule has 0 bridgehead atoms. The number of rotatable bonds is 2. The summed E-state index contributed by atoms with van der Waals surface area (Å²) in [5.41, 5.74) is 9.43. The minimum Gasteiger partial charge on any atom is -0.398 e. The van der Waals surface area contributed by atoms with Gasteiger partial charge in [-0.2, -0.15) is 0 Å². The molecule has 5 heteroatoms. The lowest BCUT2D eigenvalue weighted by molar-refractivity contribution is -0.0220. The van der Waals surface area contributed by atoms with Crippen LogP contribution in [0.25, 0.3) is 11.1 Å². The van der Waals surface area contributed by atoms with Gasteiger partial charge in [-0.25, -0.2) is 8.78 Å². The normalized spacial score (nSPS) is 17.7. The van der Waals surface area contributed by atoms with Crippen LogP contribution in [0.1, 0.15) is 12.8 Å². The highest BCUT2D eigenvalue weighted by molar-refractivity contribution is 5.79. The third-order valence-electron chi connectivity index (χ3n) is 3.87. The molecule has 1 aromatic heterocycles. The van der Waals surface area contributed by atoms with Gasteiger partial charge in [-0.1, -0.05) is 6.07 Å². The quantitative estimate of drug-likeness (QED) is 0.859. The summed E-state index contributed by atoms with van der Waals surface area (Å²) in [5.74, 6) is -2.53. The van der Waals surface area contributed by atoms with Crippen molar-refractivity contribution in [2.45, 2.75) is 18.8 Å². The molecule has 21 heavy (non-hydrogen) atoms. The number of piperidine rings is 1. The zero-order valence-electron chi connectivity index (χ0n) is 11.6. The van der Waals surface area contributed by atoms with E-state index >= 15 is 0 Å². The number of benzene rings is 1. The van der Waals surface area contributed by atoms with E-state index in [9.17, 15) is 8.78 Å². The molecule has 1 aliphatic heterocycles. The number of aromatic nitrogens is 1. The van der Waals surface area contributed by atoms with E-state index in [1.54, 1.807) is 12.4 Å². The molecule has 0 unspecified atom stereocenters. The van der Waals surface area contributed by atoms with E-state index in [-0.39, 0.29) is 12.8 Å². The minimum atomic E-state index is -2.53. The lowest BCUT2D eigenvalue weighted by Gasteiger charge is -2.33. The monoisotopic (exact) mass is 289 g/mol. The molecule has 0 saturated carbocycles. The molecule has 2 heterocycles. The van der Waals surface area contributed by atoms with Gasteiger partial charge in [0, 0.05) is 60.8 Å². The van der Waals surface area contributed by atoms with Gasteiger partial charge in [0.15, 0.2) is 0 Å². The van der Waals surface area contributed by atoms with E-state index in [0.29, 0.717) is 18.8 Å². The standard InChI is InChI=1S/C16H17F2N3/c17-16(18)5-8-21(9-6-16)13-3-4-15(19)14(10-13)12-2-1-7-20-11-12/h1-4,7,10-11H,5-6,8-9,19H2. The Morgan fingerprint density at radius 2 is 1.90 bits per heavy atom. The summed E-state index contributed by atoms with van der Waals surface area (Å²) in [6.45, 7) is 0.729. The maximum Gasteiger partial charge on any atom is 0.251 e. The molecule has 0 spiro atoms. The molecule has 1 aliphatic rings. The Kier molecular flexibility index (Phi) is 3.49. The predicted molar refractivity (Wildman–Crippen MR) is 80.5 cm³/mol. The zero-order valence-corrected chi connectivity index (χ0v) is 11.6. The summed E-state index contributed by atoms with van der Waals surface area (Å²) in [5, 5.41) is 0. The lowest BCUT2D eigenvalue weighted by atomic mass is 10.0. The van der Waals surface area contributed by atoms with Gasteiger partial charge >= 0.3 is 0 Å². The largest absolute Gasteiger partial charge is 0.398 e. The van der Waals surface area contributed by atoms with Crippen molar-refractivity contribution in [2.75, 3.05) is 23.7 Å². The van der Waals surface area contributed by atoms with Crippen LogP contribution < -0.4 is 10.6 Å². The Bertz CT molecular complexity index is 619. The molecule has 0 atom stereocenters. The zero-order chi connectivity index (χ0) is 14.9. The van der Waals surface area contributed by atoms with Crippen molar-refractivity contribution in [3.05, 3.63) is 42.7 Å². The van der Waals surface area contributed by atoms with E-state index in [1.165, 1.54) is 0 Å². The number of alkyl halides is 2. The van der Waals surface area contributed by atoms with Gasteiger partial charge in [-0.15, -0.1) is 0 Å². The van der Waals surface area contributed by atoms with Crippen molar-refractivity contribution < 1.29 is 8.78 Å². The van der Waals surface area contributed by atoms with E-state index < -0.39 is 5.92 Å². The first-order valence-corrected chi connectivity index (χ1v) is 6.98. The summed E-state index contributed by atoms with van der Waals surface area (Å²) in [4.78, 5) is 6.08. The highest BCUT2D eigenvalue weighted by atomic mass is 19.3. The molecule has 1 saturated heterocycles. The first kappa shape index (κ1) is 13.8. The van der Waals surface area contributed by atoms with Gasteiger partial charge < -0.3 is 10.6 Å². The Balaban J connectivity index is 1.88. The van der Waals surface area contributed by atoms with Crippen LogP contribution in [0, 0.1) is 0 Å². The van der Waals surface area contributed by atoms with E-state index in [2.05, 4.69) is 4.98 Å². The molecule has 110 valence electrons. The van der Waals surface area contributed by atoms with E-state index in [4.69, 9.17) is 5.73 Å². The van der Waals surface area contributed by atoms with Gasteiger partial charge in [-0.05, 0) is 24.3 Å². The maximum absolute atomic E-state index is 13.2. The summed E-state index contributed by atoms with van der Waals surface area (Å²) >= 11 is 0. The summed E-state index contributed by atoms with van der Waals surface area (Å²) in [7, 11) is 0. The second-order valence-corrected chi connectivity index (χ2v) is 5.36. The van der Waals surface area contributed by atoms with Crippen LogP contribution in [0.4, 0.5) is 20.2 Å². The fraction of sp³-hybridized carbons (Fsp3) is 0.312. The maximum atomic E-state index is 13.2.